The van der Waals surface area contributed by atoms with E-state index in [0.717, 1.165) is 11.3 Å². The van der Waals surface area contributed by atoms with Gasteiger partial charge in [0, 0.05) is 0 Å². The Kier molecular flexibility index (Phi) is 11.8. The first-order valence-electron chi connectivity index (χ1n) is 9.20. The predicted octanol–water partition coefficient (Wildman–Crippen LogP) is 7.37. The summed E-state index contributed by atoms with van der Waals surface area (Å²) in [7, 11) is 0. The topological polar surface area (TPSA) is 0 Å². The minimum Gasteiger partial charge on any atom is -0.0683 e. The number of hydrogen-bond acceptors (Lipinski definition) is 0. The summed E-state index contributed by atoms with van der Waals surface area (Å²) in [6.07, 6.45) is 17.7. The minimum atomic E-state index is 0.729. The first-order chi connectivity index (χ1) is 9.20. The van der Waals surface area contributed by atoms with Crippen LogP contribution >= 0.6 is 0 Å². The van der Waals surface area contributed by atoms with E-state index in [2.05, 4.69) is 20.8 Å². The van der Waals surface area contributed by atoms with Crippen LogP contribution in [0.15, 0.2) is 0 Å². The van der Waals surface area contributed by atoms with E-state index in [0.29, 0.717) is 0 Å². The molecule has 0 heteroatoms. The maximum Gasteiger partial charge on any atom is -0.0326 e. The van der Waals surface area contributed by atoms with Crippen LogP contribution in [0, 0.1) is 11.3 Å². The quantitative estimate of drug-likeness (QED) is 0.501. The Morgan fingerprint density at radius 1 is 0.842 bits per heavy atom. The van der Waals surface area contributed by atoms with E-state index in [-0.39, 0.29) is 0 Å². The number of rotatable bonds is 3. The van der Waals surface area contributed by atoms with Gasteiger partial charge in [-0.05, 0) is 30.6 Å². The van der Waals surface area contributed by atoms with E-state index < -0.39 is 0 Å². The van der Waals surface area contributed by atoms with Crippen LogP contribution in [0.4, 0.5) is 0 Å². The molecule has 0 spiro atoms. The second-order valence-corrected chi connectivity index (χ2v) is 6.68. The van der Waals surface area contributed by atoms with Crippen molar-refractivity contribution in [2.75, 3.05) is 0 Å². The van der Waals surface area contributed by atoms with Gasteiger partial charge >= 0.3 is 0 Å². The van der Waals surface area contributed by atoms with E-state index in [9.17, 15) is 0 Å². The van der Waals surface area contributed by atoms with E-state index >= 15 is 0 Å². The van der Waals surface area contributed by atoms with Crippen molar-refractivity contribution in [3.8, 4) is 0 Å². The molecular formula is C19H40. The fourth-order valence-electron chi connectivity index (χ4n) is 3.68. The largest absolute Gasteiger partial charge is 0.0683 e. The molecule has 0 saturated heterocycles. The van der Waals surface area contributed by atoms with Crippen LogP contribution in [0.1, 0.15) is 112 Å². The molecule has 0 amide bonds. The SMILES string of the molecule is CC.CCC1CCCC1.CCCC1(C)CCCCC1. The molecule has 0 N–H and O–H groups in total. The monoisotopic (exact) mass is 268 g/mol. The third-order valence-electron chi connectivity index (χ3n) is 4.97. The van der Waals surface area contributed by atoms with Crippen LogP contribution in [0.5, 0.6) is 0 Å². The van der Waals surface area contributed by atoms with Crippen LogP contribution in [0.25, 0.3) is 0 Å². The van der Waals surface area contributed by atoms with Gasteiger partial charge < -0.3 is 0 Å². The van der Waals surface area contributed by atoms with Crippen molar-refractivity contribution in [2.24, 2.45) is 11.3 Å². The molecule has 2 rings (SSSR count). The molecule has 0 aromatic heterocycles. The van der Waals surface area contributed by atoms with Crippen molar-refractivity contribution >= 4 is 0 Å². The number of hydrogen-bond donors (Lipinski definition) is 0. The molecule has 0 nitrogen and oxygen atoms in total. The highest BCUT2D eigenvalue weighted by atomic mass is 14.3. The molecule has 0 bridgehead atoms. The average molecular weight is 269 g/mol. The van der Waals surface area contributed by atoms with Gasteiger partial charge in [-0.1, -0.05) is 92.4 Å². The molecule has 19 heavy (non-hydrogen) atoms. The van der Waals surface area contributed by atoms with Crippen molar-refractivity contribution in [2.45, 2.75) is 112 Å². The molecule has 0 aromatic carbocycles. The molecule has 116 valence electrons. The van der Waals surface area contributed by atoms with Gasteiger partial charge in [0.25, 0.3) is 0 Å². The van der Waals surface area contributed by atoms with Crippen LogP contribution in [0.3, 0.4) is 0 Å². The maximum atomic E-state index is 2.47. The Hall–Kier alpha value is 0. The zero-order valence-corrected chi connectivity index (χ0v) is 14.6. The van der Waals surface area contributed by atoms with Crippen molar-refractivity contribution in [1.29, 1.82) is 0 Å². The van der Waals surface area contributed by atoms with Crippen LogP contribution in [0.2, 0.25) is 0 Å². The van der Waals surface area contributed by atoms with Crippen molar-refractivity contribution in [3.63, 3.8) is 0 Å². The van der Waals surface area contributed by atoms with Crippen LogP contribution in [-0.4, -0.2) is 0 Å². The maximum absolute atomic E-state index is 2.47. The Labute approximate surface area is 123 Å². The smallest absolute Gasteiger partial charge is 0.0326 e. The van der Waals surface area contributed by atoms with Gasteiger partial charge in [-0.25, -0.2) is 0 Å². The van der Waals surface area contributed by atoms with Gasteiger partial charge in [-0.2, -0.15) is 0 Å². The average Bonchev–Trinajstić information content (AvgIpc) is 2.96. The van der Waals surface area contributed by atoms with Crippen LogP contribution in [-0.2, 0) is 0 Å². The van der Waals surface area contributed by atoms with Gasteiger partial charge in [-0.3, -0.25) is 0 Å². The lowest BCUT2D eigenvalue weighted by Crippen LogP contribution is -2.19. The highest BCUT2D eigenvalue weighted by Crippen LogP contribution is 2.39. The summed E-state index contributed by atoms with van der Waals surface area (Å²) in [4.78, 5) is 0. The van der Waals surface area contributed by atoms with Gasteiger partial charge in [0.1, 0.15) is 0 Å². The van der Waals surface area contributed by atoms with E-state index in [1.807, 2.05) is 13.8 Å². The normalized spacial score (nSPS) is 21.9. The predicted molar refractivity (Wildman–Crippen MR) is 89.7 cm³/mol. The molecule has 0 heterocycles. The van der Waals surface area contributed by atoms with Gasteiger partial charge in [-0.15, -0.1) is 0 Å². The second kappa shape index (κ2) is 11.8. The van der Waals surface area contributed by atoms with Crippen LogP contribution < -0.4 is 0 Å². The van der Waals surface area contributed by atoms with E-state index in [4.69, 9.17) is 0 Å². The summed E-state index contributed by atoms with van der Waals surface area (Å²) in [5, 5.41) is 0. The fraction of sp³-hybridized carbons (Fsp3) is 1.00. The third kappa shape index (κ3) is 8.71. The molecule has 0 unspecified atom stereocenters. The Bertz CT molecular complexity index is 165. The summed E-state index contributed by atoms with van der Waals surface area (Å²) in [6, 6.07) is 0. The molecule has 2 aliphatic rings. The Balaban J connectivity index is 0.000000316. The van der Waals surface area contributed by atoms with Gasteiger partial charge in [0.15, 0.2) is 0 Å². The lowest BCUT2D eigenvalue weighted by molar-refractivity contribution is 0.197. The summed E-state index contributed by atoms with van der Waals surface area (Å²) in [6.45, 7) is 11.1. The van der Waals surface area contributed by atoms with E-state index in [1.54, 1.807) is 0 Å². The summed E-state index contributed by atoms with van der Waals surface area (Å²) in [5.41, 5.74) is 0.729. The van der Waals surface area contributed by atoms with Crippen molar-refractivity contribution < 1.29 is 0 Å². The molecular weight excluding hydrogens is 228 g/mol. The molecule has 2 fully saturated rings. The highest BCUT2D eigenvalue weighted by Gasteiger charge is 2.24. The lowest BCUT2D eigenvalue weighted by atomic mass is 9.73. The molecule has 0 aliphatic heterocycles. The first kappa shape index (κ1) is 19.0. The summed E-state index contributed by atoms with van der Waals surface area (Å²) < 4.78 is 0. The van der Waals surface area contributed by atoms with Gasteiger partial charge in [0.2, 0.25) is 0 Å². The van der Waals surface area contributed by atoms with Crippen molar-refractivity contribution in [1.82, 2.24) is 0 Å². The molecule has 0 aromatic rings. The van der Waals surface area contributed by atoms with Gasteiger partial charge in [0.05, 0.1) is 0 Å². The zero-order valence-electron chi connectivity index (χ0n) is 14.6. The molecule has 2 aliphatic carbocycles. The molecule has 0 atom stereocenters. The highest BCUT2D eigenvalue weighted by molar-refractivity contribution is 4.77. The summed E-state index contributed by atoms with van der Waals surface area (Å²) >= 11 is 0. The van der Waals surface area contributed by atoms with E-state index in [1.165, 1.54) is 77.0 Å². The summed E-state index contributed by atoms with van der Waals surface area (Å²) in [5.74, 6) is 1.10. The van der Waals surface area contributed by atoms with Crippen molar-refractivity contribution in [3.05, 3.63) is 0 Å². The molecule has 2 saturated carbocycles. The third-order valence-corrected chi connectivity index (χ3v) is 4.97. The standard InChI is InChI=1S/C10H20.C7H14.C2H6/c1-3-7-10(2)8-5-4-6-9-10;1-2-7-5-3-4-6-7;1-2/h3-9H2,1-2H3;7H,2-6H2,1H3;1-2H3. The Morgan fingerprint density at radius 2 is 1.37 bits per heavy atom. The minimum absolute atomic E-state index is 0.729. The Morgan fingerprint density at radius 3 is 1.74 bits per heavy atom. The second-order valence-electron chi connectivity index (χ2n) is 6.68. The zero-order chi connectivity index (χ0) is 14.6. The fourth-order valence-corrected chi connectivity index (χ4v) is 3.68. The molecule has 0 radical (unpaired) electrons. The lowest BCUT2D eigenvalue weighted by Gasteiger charge is -2.33. The first-order valence-corrected chi connectivity index (χ1v) is 9.20.